The van der Waals surface area contributed by atoms with Gasteiger partial charge in [0.2, 0.25) is 0 Å². The molecule has 11 aromatic carbocycles. The van der Waals surface area contributed by atoms with Crippen LogP contribution in [0.3, 0.4) is 0 Å². The molecule has 12 aromatic rings. The fourth-order valence-electron chi connectivity index (χ4n) is 9.15. The van der Waals surface area contributed by atoms with Crippen LogP contribution in [-0.4, -0.2) is 0 Å². The number of anilines is 3. The van der Waals surface area contributed by atoms with Crippen molar-refractivity contribution in [3.8, 4) is 22.3 Å². The van der Waals surface area contributed by atoms with E-state index in [1.165, 1.54) is 59.8 Å². The molecule has 2 nitrogen and oxygen atoms in total. The second-order valence-electron chi connectivity index (χ2n) is 15.3. The number of furan rings is 1. The second-order valence-corrected chi connectivity index (χ2v) is 15.3. The summed E-state index contributed by atoms with van der Waals surface area (Å²) in [5.41, 5.74) is 9.75. The molecule has 0 aliphatic rings. The van der Waals surface area contributed by atoms with Crippen molar-refractivity contribution in [3.63, 3.8) is 0 Å². The SMILES string of the molecule is c1ccc(N(c2ccc(-c3ccc4ccccc4c3)cc2)c2ccc3oc4c5ccccc5cc(-c5ccc6ccc7c8ccccc8ccc7c6c5)c4c3c2)cc1. The van der Waals surface area contributed by atoms with E-state index in [0.717, 1.165) is 55.3 Å². The number of benzene rings is 11. The summed E-state index contributed by atoms with van der Waals surface area (Å²) in [5.74, 6) is 0. The number of hydrogen-bond acceptors (Lipinski definition) is 2. The lowest BCUT2D eigenvalue weighted by molar-refractivity contribution is 0.673. The van der Waals surface area contributed by atoms with Crippen molar-refractivity contribution >= 4 is 92.9 Å². The third kappa shape index (κ3) is 5.19. The van der Waals surface area contributed by atoms with Gasteiger partial charge in [0, 0.05) is 33.2 Å². The molecule has 0 saturated carbocycles. The third-order valence-electron chi connectivity index (χ3n) is 12.0. The Hall–Kier alpha value is -7.68. The van der Waals surface area contributed by atoms with Gasteiger partial charge in [0.15, 0.2) is 0 Å². The average Bonchev–Trinajstić information content (AvgIpc) is 3.68. The highest BCUT2D eigenvalue weighted by Crippen LogP contribution is 2.45. The molecule has 1 heterocycles. The molecule has 12 rings (SSSR count). The highest BCUT2D eigenvalue weighted by Gasteiger charge is 2.20. The minimum atomic E-state index is 0.869. The summed E-state index contributed by atoms with van der Waals surface area (Å²) in [5, 5.41) is 14.5. The zero-order valence-electron chi connectivity index (χ0n) is 31.6. The van der Waals surface area contributed by atoms with Gasteiger partial charge in [0.25, 0.3) is 0 Å². The van der Waals surface area contributed by atoms with E-state index >= 15 is 0 Å². The Bertz CT molecular complexity index is 3560. The first-order valence-corrected chi connectivity index (χ1v) is 19.9. The van der Waals surface area contributed by atoms with Crippen LogP contribution in [-0.2, 0) is 0 Å². The summed E-state index contributed by atoms with van der Waals surface area (Å²) < 4.78 is 6.86. The Kier molecular flexibility index (Phi) is 7.26. The van der Waals surface area contributed by atoms with Gasteiger partial charge in [-0.15, -0.1) is 0 Å². The van der Waals surface area contributed by atoms with Crippen LogP contribution >= 0.6 is 0 Å². The lowest BCUT2D eigenvalue weighted by Crippen LogP contribution is -2.09. The molecule has 0 amide bonds. The summed E-state index contributed by atoms with van der Waals surface area (Å²) in [6.45, 7) is 0. The van der Waals surface area contributed by atoms with Crippen molar-refractivity contribution in [2.24, 2.45) is 0 Å². The van der Waals surface area contributed by atoms with Crippen LogP contribution in [0.4, 0.5) is 17.1 Å². The molecule has 0 fully saturated rings. The average molecular weight is 738 g/mol. The van der Waals surface area contributed by atoms with E-state index < -0.39 is 0 Å². The molecule has 270 valence electrons. The van der Waals surface area contributed by atoms with Gasteiger partial charge in [0.1, 0.15) is 11.2 Å². The van der Waals surface area contributed by atoms with Crippen LogP contribution in [0.5, 0.6) is 0 Å². The molecule has 0 atom stereocenters. The van der Waals surface area contributed by atoms with Crippen molar-refractivity contribution in [2.75, 3.05) is 4.90 Å². The zero-order chi connectivity index (χ0) is 38.2. The number of hydrogen-bond donors (Lipinski definition) is 0. The van der Waals surface area contributed by atoms with Crippen molar-refractivity contribution in [2.45, 2.75) is 0 Å². The summed E-state index contributed by atoms with van der Waals surface area (Å²) in [7, 11) is 0. The van der Waals surface area contributed by atoms with Crippen LogP contribution in [0.25, 0.3) is 98.1 Å². The molecule has 0 aliphatic heterocycles. The maximum Gasteiger partial charge on any atom is 0.143 e. The third-order valence-corrected chi connectivity index (χ3v) is 12.0. The predicted octanol–water partition coefficient (Wildman–Crippen LogP) is 16.2. The smallest absolute Gasteiger partial charge is 0.143 e. The number of fused-ring (bicyclic) bond motifs is 11. The van der Waals surface area contributed by atoms with Crippen LogP contribution in [0.2, 0.25) is 0 Å². The minimum absolute atomic E-state index is 0.869. The van der Waals surface area contributed by atoms with Crippen molar-refractivity contribution in [1.82, 2.24) is 0 Å². The second kappa shape index (κ2) is 12.9. The molecule has 0 radical (unpaired) electrons. The summed E-state index contributed by atoms with van der Waals surface area (Å²) >= 11 is 0. The highest BCUT2D eigenvalue weighted by atomic mass is 16.3. The molecular weight excluding hydrogens is 703 g/mol. The summed E-state index contributed by atoms with van der Waals surface area (Å²) in [6.07, 6.45) is 0. The van der Waals surface area contributed by atoms with E-state index in [0.29, 0.717) is 0 Å². The Morgan fingerprint density at radius 2 is 0.879 bits per heavy atom. The molecular formula is C56H35NO. The standard InChI is InChI=1S/C56H35NO/c1-2-14-44(15-3-1)57(45-26-22-37(23-27-45)41-20-18-36-10-4-5-12-40(36)32-41)46-28-31-54-53(35-46)55-52(34-42-13-7-9-17-48(42)56(55)58-54)43-21-19-39-25-29-49-47-16-8-6-11-38(47)24-30-50(49)51(39)33-43/h1-35H. The van der Waals surface area contributed by atoms with Crippen LogP contribution in [0, 0.1) is 0 Å². The zero-order valence-corrected chi connectivity index (χ0v) is 31.6. The van der Waals surface area contributed by atoms with E-state index in [1.807, 2.05) is 0 Å². The molecule has 0 aliphatic carbocycles. The van der Waals surface area contributed by atoms with Crippen LogP contribution < -0.4 is 4.90 Å². The number of para-hydroxylation sites is 1. The first kappa shape index (κ1) is 32.6. The van der Waals surface area contributed by atoms with Gasteiger partial charge in [-0.25, -0.2) is 0 Å². The van der Waals surface area contributed by atoms with Crippen molar-refractivity contribution < 1.29 is 4.42 Å². The Balaban J connectivity index is 1.05. The Morgan fingerprint density at radius 3 is 1.71 bits per heavy atom. The fraction of sp³-hybridized carbons (Fsp3) is 0. The number of rotatable bonds is 5. The monoisotopic (exact) mass is 737 g/mol. The first-order chi connectivity index (χ1) is 28.7. The van der Waals surface area contributed by atoms with Crippen LogP contribution in [0.15, 0.2) is 217 Å². The van der Waals surface area contributed by atoms with Crippen LogP contribution in [0.1, 0.15) is 0 Å². The maximum absolute atomic E-state index is 6.86. The normalized spacial score (nSPS) is 11.8. The quantitative estimate of drug-likeness (QED) is 0.164. The van der Waals surface area contributed by atoms with E-state index in [1.54, 1.807) is 0 Å². The molecule has 1 aromatic heterocycles. The van der Waals surface area contributed by atoms with Gasteiger partial charge in [-0.05, 0) is 131 Å². The molecule has 0 spiro atoms. The van der Waals surface area contributed by atoms with Gasteiger partial charge >= 0.3 is 0 Å². The van der Waals surface area contributed by atoms with Gasteiger partial charge in [-0.3, -0.25) is 0 Å². The summed E-state index contributed by atoms with van der Waals surface area (Å²) in [6, 6.07) is 77.0. The van der Waals surface area contributed by atoms with Crippen molar-refractivity contribution in [3.05, 3.63) is 212 Å². The maximum atomic E-state index is 6.86. The highest BCUT2D eigenvalue weighted by molar-refractivity contribution is 6.23. The number of nitrogens with zero attached hydrogens (tertiary/aromatic N) is 1. The molecule has 0 unspecified atom stereocenters. The topological polar surface area (TPSA) is 16.4 Å². The van der Waals surface area contributed by atoms with Crippen molar-refractivity contribution in [1.29, 1.82) is 0 Å². The van der Waals surface area contributed by atoms with Gasteiger partial charge < -0.3 is 9.32 Å². The van der Waals surface area contributed by atoms with E-state index in [-0.39, 0.29) is 0 Å². The summed E-state index contributed by atoms with van der Waals surface area (Å²) in [4.78, 5) is 2.34. The predicted molar refractivity (Wildman–Crippen MR) is 247 cm³/mol. The molecule has 2 heteroatoms. The molecule has 0 N–H and O–H groups in total. The molecule has 0 bridgehead atoms. The molecule has 58 heavy (non-hydrogen) atoms. The van der Waals surface area contributed by atoms with E-state index in [2.05, 4.69) is 217 Å². The Labute approximate surface area is 335 Å². The van der Waals surface area contributed by atoms with Gasteiger partial charge in [-0.2, -0.15) is 0 Å². The fourth-order valence-corrected chi connectivity index (χ4v) is 9.15. The van der Waals surface area contributed by atoms with E-state index in [4.69, 9.17) is 4.42 Å². The Morgan fingerprint density at radius 1 is 0.293 bits per heavy atom. The van der Waals surface area contributed by atoms with E-state index in [9.17, 15) is 0 Å². The lowest BCUT2D eigenvalue weighted by Gasteiger charge is -2.25. The minimum Gasteiger partial charge on any atom is -0.455 e. The largest absolute Gasteiger partial charge is 0.455 e. The first-order valence-electron chi connectivity index (χ1n) is 19.9. The van der Waals surface area contributed by atoms with Gasteiger partial charge in [0.05, 0.1) is 0 Å². The van der Waals surface area contributed by atoms with Gasteiger partial charge in [-0.1, -0.05) is 152 Å². The lowest BCUT2D eigenvalue weighted by atomic mass is 9.91. The molecule has 0 saturated heterocycles.